The second kappa shape index (κ2) is 5.47. The average molecular weight is 330 g/mol. The maximum Gasteiger partial charge on any atom is 0.141 e. The summed E-state index contributed by atoms with van der Waals surface area (Å²) >= 11 is 4.97. The van der Waals surface area contributed by atoms with Crippen LogP contribution in [0.15, 0.2) is 34.2 Å². The molecule has 0 amide bonds. The van der Waals surface area contributed by atoms with Crippen molar-refractivity contribution in [3.8, 4) is 0 Å². The van der Waals surface area contributed by atoms with Gasteiger partial charge in [-0.05, 0) is 40.5 Å². The number of hydrogen-bond donors (Lipinski definition) is 1. The minimum atomic E-state index is -1.04. The summed E-state index contributed by atoms with van der Waals surface area (Å²) in [5.41, 5.74) is -0.534. The highest BCUT2D eigenvalue weighted by atomic mass is 79.9. The molecule has 2 nitrogen and oxygen atoms in total. The van der Waals surface area contributed by atoms with E-state index in [-0.39, 0.29) is 0 Å². The van der Waals surface area contributed by atoms with E-state index in [9.17, 15) is 9.50 Å². The molecule has 2 heterocycles. The van der Waals surface area contributed by atoms with Gasteiger partial charge in [0.25, 0.3) is 0 Å². The lowest BCUT2D eigenvalue weighted by Crippen LogP contribution is -2.28. The molecule has 2 rings (SSSR count). The Labute approximate surface area is 118 Å². The first-order valence-electron chi connectivity index (χ1n) is 5.61. The van der Waals surface area contributed by atoms with Crippen LogP contribution in [0.25, 0.3) is 0 Å². The van der Waals surface area contributed by atoms with Crippen molar-refractivity contribution in [1.29, 1.82) is 0 Å². The van der Waals surface area contributed by atoms with Crippen LogP contribution in [0.3, 0.4) is 0 Å². The van der Waals surface area contributed by atoms with Crippen LogP contribution in [0, 0.1) is 5.82 Å². The monoisotopic (exact) mass is 329 g/mol. The molecule has 1 N–H and O–H groups in total. The highest BCUT2D eigenvalue weighted by Gasteiger charge is 2.29. The van der Waals surface area contributed by atoms with Crippen molar-refractivity contribution in [3.63, 3.8) is 0 Å². The van der Waals surface area contributed by atoms with Gasteiger partial charge in [0.15, 0.2) is 0 Å². The molecule has 0 bridgehead atoms. The van der Waals surface area contributed by atoms with Gasteiger partial charge in [-0.3, -0.25) is 4.98 Å². The van der Waals surface area contributed by atoms with Crippen LogP contribution in [0.5, 0.6) is 0 Å². The Morgan fingerprint density at radius 3 is 2.78 bits per heavy atom. The minimum absolute atomic E-state index is 0.393. The summed E-state index contributed by atoms with van der Waals surface area (Å²) in [6.45, 7) is 1.90. The van der Waals surface area contributed by atoms with E-state index in [0.717, 1.165) is 15.5 Å². The minimum Gasteiger partial charge on any atom is -0.383 e. The highest BCUT2D eigenvalue weighted by molar-refractivity contribution is 9.10. The van der Waals surface area contributed by atoms with E-state index >= 15 is 0 Å². The Kier molecular flexibility index (Phi) is 4.14. The van der Waals surface area contributed by atoms with Gasteiger partial charge in [-0.15, -0.1) is 11.3 Å². The molecule has 96 valence electrons. The molecule has 0 radical (unpaired) electrons. The van der Waals surface area contributed by atoms with Crippen LogP contribution in [-0.2, 0) is 12.0 Å². The lowest BCUT2D eigenvalue weighted by Gasteiger charge is -2.25. The molecule has 0 saturated carbocycles. The second-order valence-electron chi connectivity index (χ2n) is 4.15. The Morgan fingerprint density at radius 2 is 2.28 bits per heavy atom. The second-order valence-corrected chi connectivity index (χ2v) is 6.07. The van der Waals surface area contributed by atoms with Gasteiger partial charge in [-0.2, -0.15) is 0 Å². The summed E-state index contributed by atoms with van der Waals surface area (Å²) in [6, 6.07) is 4.85. The van der Waals surface area contributed by atoms with Gasteiger partial charge in [-0.1, -0.05) is 6.92 Å². The molecule has 0 aliphatic carbocycles. The van der Waals surface area contributed by atoms with Gasteiger partial charge in [0.1, 0.15) is 11.4 Å². The van der Waals surface area contributed by atoms with Gasteiger partial charge in [-0.25, -0.2) is 4.39 Å². The van der Waals surface area contributed by atoms with E-state index in [1.807, 2.05) is 18.4 Å². The normalized spacial score (nSPS) is 14.4. The molecular weight excluding hydrogens is 317 g/mol. The Hall–Kier alpha value is -0.780. The topological polar surface area (TPSA) is 33.1 Å². The van der Waals surface area contributed by atoms with E-state index in [2.05, 4.69) is 20.9 Å². The quantitative estimate of drug-likeness (QED) is 0.923. The van der Waals surface area contributed by atoms with Crippen LogP contribution >= 0.6 is 27.3 Å². The molecule has 2 aromatic heterocycles. The van der Waals surface area contributed by atoms with Crippen LogP contribution in [0.1, 0.15) is 23.9 Å². The third kappa shape index (κ3) is 2.96. The summed E-state index contributed by atoms with van der Waals surface area (Å²) in [6.07, 6.45) is 2.15. The van der Waals surface area contributed by atoms with Crippen molar-refractivity contribution in [2.75, 3.05) is 0 Å². The van der Waals surface area contributed by atoms with E-state index in [1.165, 1.54) is 6.07 Å². The van der Waals surface area contributed by atoms with Crippen LogP contribution in [0.2, 0.25) is 0 Å². The molecule has 0 aromatic carbocycles. The number of thiophene rings is 1. The Balaban J connectivity index is 2.27. The zero-order chi connectivity index (χ0) is 13.2. The molecule has 0 spiro atoms. The van der Waals surface area contributed by atoms with E-state index in [1.54, 1.807) is 17.4 Å². The molecule has 5 heteroatoms. The largest absolute Gasteiger partial charge is 0.383 e. The maximum atomic E-state index is 12.9. The van der Waals surface area contributed by atoms with Gasteiger partial charge < -0.3 is 5.11 Å². The van der Waals surface area contributed by atoms with Crippen molar-refractivity contribution >= 4 is 27.3 Å². The predicted molar refractivity (Wildman–Crippen MR) is 74.1 cm³/mol. The smallest absolute Gasteiger partial charge is 0.141 e. The van der Waals surface area contributed by atoms with Crippen molar-refractivity contribution < 1.29 is 9.50 Å². The van der Waals surface area contributed by atoms with Crippen molar-refractivity contribution in [2.45, 2.75) is 25.4 Å². The van der Waals surface area contributed by atoms with Crippen LogP contribution < -0.4 is 0 Å². The lowest BCUT2D eigenvalue weighted by molar-refractivity contribution is 0.0290. The Bertz CT molecular complexity index is 528. The standard InChI is InChI=1S/C13H13BrFNOS/c1-2-13(17,6-11-5-9(14)8-18-11)12-4-3-10(15)7-16-12/h3-5,7-8,17H,2,6H2,1H3. The average Bonchev–Trinajstić information content (AvgIpc) is 2.75. The summed E-state index contributed by atoms with van der Waals surface area (Å²) in [7, 11) is 0. The van der Waals surface area contributed by atoms with E-state index in [0.29, 0.717) is 18.5 Å². The maximum absolute atomic E-state index is 12.9. The van der Waals surface area contributed by atoms with Crippen molar-refractivity contribution in [1.82, 2.24) is 4.98 Å². The third-order valence-corrected chi connectivity index (χ3v) is 4.58. The number of pyridine rings is 1. The number of halogens is 2. The van der Waals surface area contributed by atoms with Gasteiger partial charge in [0.05, 0.1) is 11.9 Å². The first kappa shape index (κ1) is 13.6. The van der Waals surface area contributed by atoms with E-state index in [4.69, 9.17) is 0 Å². The molecule has 18 heavy (non-hydrogen) atoms. The molecule has 0 aliphatic heterocycles. The molecular formula is C13H13BrFNOS. The van der Waals surface area contributed by atoms with E-state index < -0.39 is 11.4 Å². The van der Waals surface area contributed by atoms with Crippen LogP contribution in [-0.4, -0.2) is 10.1 Å². The molecule has 1 atom stereocenters. The third-order valence-electron chi connectivity index (χ3n) is 2.88. The van der Waals surface area contributed by atoms with Gasteiger partial charge in [0.2, 0.25) is 0 Å². The molecule has 2 aromatic rings. The highest BCUT2D eigenvalue weighted by Crippen LogP contribution is 2.31. The van der Waals surface area contributed by atoms with Crippen LogP contribution in [0.4, 0.5) is 4.39 Å². The van der Waals surface area contributed by atoms with Crippen molar-refractivity contribution in [3.05, 3.63) is 50.6 Å². The number of rotatable bonds is 4. The first-order chi connectivity index (χ1) is 8.53. The molecule has 0 aliphatic rings. The molecule has 1 unspecified atom stereocenters. The summed E-state index contributed by atoms with van der Waals surface area (Å²) in [5, 5.41) is 12.6. The fourth-order valence-electron chi connectivity index (χ4n) is 1.78. The zero-order valence-corrected chi connectivity index (χ0v) is 12.3. The number of aliphatic hydroxyl groups is 1. The summed E-state index contributed by atoms with van der Waals surface area (Å²) < 4.78 is 13.9. The summed E-state index contributed by atoms with van der Waals surface area (Å²) in [5.74, 6) is -0.393. The summed E-state index contributed by atoms with van der Waals surface area (Å²) in [4.78, 5) is 5.06. The first-order valence-corrected chi connectivity index (χ1v) is 7.28. The molecule has 0 fully saturated rings. The zero-order valence-electron chi connectivity index (χ0n) is 9.86. The SMILES string of the molecule is CCC(O)(Cc1cc(Br)cs1)c1ccc(F)cn1. The molecule has 0 saturated heterocycles. The Morgan fingerprint density at radius 1 is 1.50 bits per heavy atom. The lowest BCUT2D eigenvalue weighted by atomic mass is 9.91. The number of aromatic nitrogens is 1. The van der Waals surface area contributed by atoms with Gasteiger partial charge in [0, 0.05) is 21.2 Å². The number of hydrogen-bond acceptors (Lipinski definition) is 3. The predicted octanol–water partition coefficient (Wildman–Crippen LogP) is 3.89. The number of nitrogens with zero attached hydrogens (tertiary/aromatic N) is 1. The fourth-order valence-corrected chi connectivity index (χ4v) is 3.34. The van der Waals surface area contributed by atoms with Crippen molar-refractivity contribution in [2.24, 2.45) is 0 Å². The fraction of sp³-hybridized carbons (Fsp3) is 0.308. The van der Waals surface area contributed by atoms with Gasteiger partial charge >= 0.3 is 0 Å².